The van der Waals surface area contributed by atoms with E-state index in [9.17, 15) is 9.90 Å². The lowest BCUT2D eigenvalue weighted by atomic mass is 9.81. The largest absolute Gasteiger partial charge is 0.497 e. The first-order chi connectivity index (χ1) is 16.1. The summed E-state index contributed by atoms with van der Waals surface area (Å²) in [5.74, 6) is 0.200. The predicted molar refractivity (Wildman–Crippen MR) is 134 cm³/mol. The first-order valence-electron chi connectivity index (χ1n) is 12.0. The van der Waals surface area contributed by atoms with Gasteiger partial charge in [-0.2, -0.15) is 0 Å². The van der Waals surface area contributed by atoms with Gasteiger partial charge < -0.3 is 14.7 Å². The van der Waals surface area contributed by atoms with E-state index >= 15 is 0 Å². The number of pyridine rings is 1. The molecule has 0 unspecified atom stereocenters. The van der Waals surface area contributed by atoms with Crippen LogP contribution in [0.15, 0.2) is 48.0 Å². The smallest absolute Gasteiger partial charge is 0.308 e. The molecule has 0 bridgehead atoms. The summed E-state index contributed by atoms with van der Waals surface area (Å²) in [5.41, 5.74) is 2.23. The Bertz CT molecular complexity index is 1040. The van der Waals surface area contributed by atoms with Crippen LogP contribution in [-0.2, 0) is 17.6 Å². The molecule has 33 heavy (non-hydrogen) atoms. The van der Waals surface area contributed by atoms with Crippen LogP contribution in [0.25, 0.3) is 10.9 Å². The molecule has 0 amide bonds. The van der Waals surface area contributed by atoms with E-state index in [-0.39, 0.29) is 11.8 Å². The number of unbranched alkanes of at least 4 members (excludes halogenated alkanes) is 1. The quantitative estimate of drug-likeness (QED) is 0.369. The minimum Gasteiger partial charge on any atom is -0.497 e. The van der Waals surface area contributed by atoms with Gasteiger partial charge >= 0.3 is 5.97 Å². The summed E-state index contributed by atoms with van der Waals surface area (Å²) >= 11 is 1.82. The third-order valence-corrected chi connectivity index (χ3v) is 7.88. The molecule has 0 spiro atoms. The van der Waals surface area contributed by atoms with Crippen LogP contribution in [0.2, 0.25) is 0 Å². The van der Waals surface area contributed by atoms with E-state index in [1.807, 2.05) is 29.7 Å². The van der Waals surface area contributed by atoms with Gasteiger partial charge in [0, 0.05) is 23.0 Å². The van der Waals surface area contributed by atoms with Crippen molar-refractivity contribution in [1.29, 1.82) is 0 Å². The Labute approximate surface area is 200 Å². The highest BCUT2D eigenvalue weighted by atomic mass is 32.1. The number of carboxylic acids is 1. The van der Waals surface area contributed by atoms with Gasteiger partial charge in [-0.1, -0.05) is 6.07 Å². The van der Waals surface area contributed by atoms with Crippen molar-refractivity contribution in [1.82, 2.24) is 9.88 Å². The molecule has 1 fully saturated rings. The van der Waals surface area contributed by atoms with Crippen molar-refractivity contribution in [2.75, 3.05) is 26.7 Å². The molecule has 6 heteroatoms. The maximum Gasteiger partial charge on any atom is 0.308 e. The summed E-state index contributed by atoms with van der Waals surface area (Å²) in [6.45, 7) is 2.71. The third kappa shape index (κ3) is 6.33. The molecule has 5 nitrogen and oxygen atoms in total. The molecule has 3 heterocycles. The molecule has 1 aromatic carbocycles. The van der Waals surface area contributed by atoms with Crippen molar-refractivity contribution < 1.29 is 14.6 Å². The second-order valence-electron chi connectivity index (χ2n) is 9.08. The number of carboxylic acid groups (broad SMARTS) is 1. The summed E-state index contributed by atoms with van der Waals surface area (Å²) in [4.78, 5) is 20.3. The van der Waals surface area contributed by atoms with Crippen LogP contribution in [0.4, 0.5) is 0 Å². The van der Waals surface area contributed by atoms with Gasteiger partial charge in [-0.3, -0.25) is 9.78 Å². The van der Waals surface area contributed by atoms with E-state index in [4.69, 9.17) is 4.74 Å². The molecule has 3 aromatic rings. The van der Waals surface area contributed by atoms with Gasteiger partial charge in [0.25, 0.3) is 0 Å². The minimum absolute atomic E-state index is 0.257. The van der Waals surface area contributed by atoms with Crippen LogP contribution in [0.5, 0.6) is 5.75 Å². The zero-order chi connectivity index (χ0) is 23.0. The Balaban J connectivity index is 1.27. The lowest BCUT2D eigenvalue weighted by molar-refractivity contribution is -0.146. The van der Waals surface area contributed by atoms with E-state index < -0.39 is 5.97 Å². The van der Waals surface area contributed by atoms with Gasteiger partial charge in [0.15, 0.2) is 0 Å². The average Bonchev–Trinajstić information content (AvgIpc) is 3.36. The second-order valence-corrected chi connectivity index (χ2v) is 10.1. The minimum atomic E-state index is -0.637. The van der Waals surface area contributed by atoms with Gasteiger partial charge in [0.05, 0.1) is 18.5 Å². The average molecular weight is 467 g/mol. The van der Waals surface area contributed by atoms with Crippen molar-refractivity contribution >= 4 is 28.2 Å². The van der Waals surface area contributed by atoms with Crippen molar-refractivity contribution in [2.45, 2.75) is 44.9 Å². The van der Waals surface area contributed by atoms with Gasteiger partial charge in [0.2, 0.25) is 0 Å². The zero-order valence-corrected chi connectivity index (χ0v) is 20.2. The summed E-state index contributed by atoms with van der Waals surface area (Å²) in [5, 5.41) is 13.2. The standard InChI is InChI=1S/C27H34N2O3S/c1-32-22-10-11-26-24(18-22)20(12-14-28-26)6-4-7-21-13-16-29(19-25(21)27(30)31)15-3-2-8-23-9-5-17-33-23/h5,9-12,14,17-18,21,25H,2-4,6-8,13,15-16,19H2,1H3,(H,30,31)/t21-,25+/m1/s1. The molecule has 4 rings (SSSR count). The fraction of sp³-hybridized carbons (Fsp3) is 0.481. The van der Waals surface area contributed by atoms with Gasteiger partial charge in [0.1, 0.15) is 5.75 Å². The van der Waals surface area contributed by atoms with E-state index in [0.29, 0.717) is 6.54 Å². The summed E-state index contributed by atoms with van der Waals surface area (Å²) in [7, 11) is 1.68. The Hall–Kier alpha value is -2.44. The Kier molecular flexibility index (Phi) is 8.35. The molecule has 0 radical (unpaired) electrons. The molecule has 1 aliphatic rings. The van der Waals surface area contributed by atoms with Gasteiger partial charge in [-0.25, -0.2) is 0 Å². The van der Waals surface area contributed by atoms with E-state index in [1.54, 1.807) is 7.11 Å². The number of hydrogen-bond donors (Lipinski definition) is 1. The van der Waals surface area contributed by atoms with Crippen molar-refractivity contribution in [3.8, 4) is 5.75 Å². The van der Waals surface area contributed by atoms with Crippen LogP contribution >= 0.6 is 11.3 Å². The van der Waals surface area contributed by atoms with Crippen LogP contribution in [-0.4, -0.2) is 47.7 Å². The van der Waals surface area contributed by atoms with Gasteiger partial charge in [-0.15, -0.1) is 11.3 Å². The number of thiophene rings is 1. The number of aliphatic carboxylic acids is 1. The van der Waals surface area contributed by atoms with Crippen molar-refractivity contribution in [2.24, 2.45) is 11.8 Å². The third-order valence-electron chi connectivity index (χ3n) is 6.94. The predicted octanol–water partition coefficient (Wildman–Crippen LogP) is 5.67. The number of rotatable bonds is 11. The first kappa shape index (κ1) is 23.7. The number of methoxy groups -OCH3 is 1. The normalized spacial score (nSPS) is 19.1. The highest BCUT2D eigenvalue weighted by Gasteiger charge is 2.33. The van der Waals surface area contributed by atoms with Crippen LogP contribution in [0.1, 0.15) is 42.5 Å². The van der Waals surface area contributed by atoms with E-state index in [0.717, 1.165) is 68.3 Å². The van der Waals surface area contributed by atoms with Crippen molar-refractivity contribution in [3.63, 3.8) is 0 Å². The number of hydrogen-bond acceptors (Lipinski definition) is 5. The number of aromatic nitrogens is 1. The van der Waals surface area contributed by atoms with Crippen LogP contribution in [0.3, 0.4) is 0 Å². The second kappa shape index (κ2) is 11.6. The highest BCUT2D eigenvalue weighted by molar-refractivity contribution is 7.09. The molecule has 2 atom stereocenters. The number of benzene rings is 1. The molecule has 176 valence electrons. The lowest BCUT2D eigenvalue weighted by Gasteiger charge is -2.36. The number of carbonyl (C=O) groups is 1. The topological polar surface area (TPSA) is 62.7 Å². The molecular weight excluding hydrogens is 432 g/mol. The van der Waals surface area contributed by atoms with E-state index in [1.165, 1.54) is 16.9 Å². The number of fused-ring (bicyclic) bond motifs is 1. The number of likely N-dealkylation sites (tertiary alicyclic amines) is 1. The Morgan fingerprint density at radius 3 is 2.91 bits per heavy atom. The fourth-order valence-electron chi connectivity index (χ4n) is 5.07. The monoisotopic (exact) mass is 466 g/mol. The maximum absolute atomic E-state index is 12.0. The molecule has 1 N–H and O–H groups in total. The Morgan fingerprint density at radius 1 is 1.21 bits per heavy atom. The summed E-state index contributed by atoms with van der Waals surface area (Å²) in [6.07, 6.45) is 9.15. The molecule has 2 aromatic heterocycles. The number of ether oxygens (including phenoxy) is 1. The molecule has 1 saturated heterocycles. The first-order valence-corrected chi connectivity index (χ1v) is 12.9. The van der Waals surface area contributed by atoms with Gasteiger partial charge in [-0.05, 0) is 105 Å². The molecular formula is C27H34N2O3S. The summed E-state index contributed by atoms with van der Waals surface area (Å²) < 4.78 is 5.38. The SMILES string of the molecule is COc1ccc2nccc(CCC[C@@H]3CCN(CCCCc4cccs4)C[C@@H]3C(=O)O)c2c1. The van der Waals surface area contributed by atoms with Crippen LogP contribution in [0, 0.1) is 11.8 Å². The number of piperidine rings is 1. The highest BCUT2D eigenvalue weighted by Crippen LogP contribution is 2.30. The number of nitrogens with zero attached hydrogens (tertiary/aromatic N) is 2. The molecule has 1 aliphatic heterocycles. The fourth-order valence-corrected chi connectivity index (χ4v) is 5.82. The lowest BCUT2D eigenvalue weighted by Crippen LogP contribution is -2.44. The number of aryl methyl sites for hydroxylation is 2. The molecule has 0 aliphatic carbocycles. The molecule has 0 saturated carbocycles. The van der Waals surface area contributed by atoms with E-state index in [2.05, 4.69) is 39.5 Å². The summed E-state index contributed by atoms with van der Waals surface area (Å²) in [6, 6.07) is 12.4. The van der Waals surface area contributed by atoms with Crippen LogP contribution < -0.4 is 4.74 Å². The zero-order valence-electron chi connectivity index (χ0n) is 19.4. The van der Waals surface area contributed by atoms with Crippen molar-refractivity contribution in [3.05, 3.63) is 58.4 Å². The Morgan fingerprint density at radius 2 is 2.12 bits per heavy atom. The maximum atomic E-state index is 12.0.